The number of hydrogen-bond acceptors (Lipinski definition) is 7. The standard InChI is InChI=1S/C11H8F2N4O3S/c1-14-10-17-16-9(21-10)8(18)15-5-2-3-6-7(4-5)20-11(12,13)19-6/h2-4H,1H3,(H,14,17)(H,15,18). The Bertz CT molecular complexity index is 707. The monoisotopic (exact) mass is 314 g/mol. The number of alkyl halides is 2. The average molecular weight is 314 g/mol. The molecule has 0 bridgehead atoms. The van der Waals surface area contributed by atoms with Gasteiger partial charge >= 0.3 is 6.29 Å². The zero-order chi connectivity index (χ0) is 15.0. The van der Waals surface area contributed by atoms with Gasteiger partial charge in [0.2, 0.25) is 10.1 Å². The smallest absolute Gasteiger partial charge is 0.395 e. The fraction of sp³-hybridized carbons (Fsp3) is 0.182. The molecular weight excluding hydrogens is 306 g/mol. The van der Waals surface area contributed by atoms with E-state index in [1.807, 2.05) is 0 Å². The van der Waals surface area contributed by atoms with E-state index in [-0.39, 0.29) is 22.2 Å². The normalized spacial score (nSPS) is 14.8. The number of anilines is 2. The van der Waals surface area contributed by atoms with E-state index >= 15 is 0 Å². The molecule has 2 heterocycles. The summed E-state index contributed by atoms with van der Waals surface area (Å²) in [6.45, 7) is 0. The fourth-order valence-electron chi connectivity index (χ4n) is 1.63. The van der Waals surface area contributed by atoms with E-state index in [9.17, 15) is 13.6 Å². The van der Waals surface area contributed by atoms with Crippen LogP contribution in [-0.4, -0.2) is 29.4 Å². The highest BCUT2D eigenvalue weighted by Gasteiger charge is 2.43. The number of ether oxygens (including phenoxy) is 2. The summed E-state index contributed by atoms with van der Waals surface area (Å²) in [7, 11) is 1.65. The maximum Gasteiger partial charge on any atom is 0.586 e. The van der Waals surface area contributed by atoms with Crippen LogP contribution < -0.4 is 20.1 Å². The van der Waals surface area contributed by atoms with Crippen LogP contribution in [-0.2, 0) is 0 Å². The van der Waals surface area contributed by atoms with Crippen LogP contribution in [0.25, 0.3) is 0 Å². The molecule has 0 saturated heterocycles. The Balaban J connectivity index is 1.76. The molecule has 7 nitrogen and oxygen atoms in total. The molecule has 0 unspecified atom stereocenters. The number of rotatable bonds is 3. The molecule has 1 aliphatic rings. The molecule has 0 aliphatic carbocycles. The molecule has 10 heteroatoms. The lowest BCUT2D eigenvalue weighted by molar-refractivity contribution is -0.286. The van der Waals surface area contributed by atoms with Crippen LogP contribution in [0.2, 0.25) is 0 Å². The third-order valence-electron chi connectivity index (χ3n) is 2.49. The number of nitrogens with zero attached hydrogens (tertiary/aromatic N) is 2. The zero-order valence-electron chi connectivity index (χ0n) is 10.5. The number of hydrogen-bond donors (Lipinski definition) is 2. The van der Waals surface area contributed by atoms with Crippen molar-refractivity contribution in [2.45, 2.75) is 6.29 Å². The first-order valence-electron chi connectivity index (χ1n) is 5.69. The number of aromatic nitrogens is 2. The van der Waals surface area contributed by atoms with E-state index in [0.717, 1.165) is 11.3 Å². The van der Waals surface area contributed by atoms with E-state index in [1.54, 1.807) is 7.05 Å². The summed E-state index contributed by atoms with van der Waals surface area (Å²) in [5.74, 6) is -0.739. The van der Waals surface area contributed by atoms with Gasteiger partial charge in [-0.15, -0.1) is 19.0 Å². The van der Waals surface area contributed by atoms with Crippen molar-refractivity contribution in [2.75, 3.05) is 17.7 Å². The lowest BCUT2D eigenvalue weighted by Crippen LogP contribution is -2.25. The first-order valence-corrected chi connectivity index (χ1v) is 6.51. The highest BCUT2D eigenvalue weighted by atomic mass is 32.1. The fourth-order valence-corrected chi connectivity index (χ4v) is 2.22. The molecule has 1 aromatic carbocycles. The molecule has 2 aromatic rings. The molecule has 0 fully saturated rings. The van der Waals surface area contributed by atoms with E-state index in [1.165, 1.54) is 18.2 Å². The Morgan fingerprint density at radius 3 is 2.76 bits per heavy atom. The van der Waals surface area contributed by atoms with Gasteiger partial charge in [0.25, 0.3) is 5.91 Å². The topological polar surface area (TPSA) is 85.4 Å². The molecule has 0 spiro atoms. The largest absolute Gasteiger partial charge is 0.586 e. The maximum absolute atomic E-state index is 12.9. The third kappa shape index (κ3) is 2.70. The first-order chi connectivity index (χ1) is 9.97. The van der Waals surface area contributed by atoms with Gasteiger partial charge in [0, 0.05) is 18.8 Å². The highest BCUT2D eigenvalue weighted by molar-refractivity contribution is 7.17. The van der Waals surface area contributed by atoms with Gasteiger partial charge in [0.1, 0.15) is 0 Å². The van der Waals surface area contributed by atoms with Gasteiger partial charge in [0.15, 0.2) is 11.5 Å². The second-order valence-corrected chi connectivity index (χ2v) is 4.92. The van der Waals surface area contributed by atoms with Crippen LogP contribution in [0.5, 0.6) is 11.5 Å². The summed E-state index contributed by atoms with van der Waals surface area (Å²) < 4.78 is 34.3. The summed E-state index contributed by atoms with van der Waals surface area (Å²) in [6.07, 6.45) is -3.69. The van der Waals surface area contributed by atoms with Gasteiger partial charge in [-0.1, -0.05) is 11.3 Å². The third-order valence-corrected chi connectivity index (χ3v) is 3.43. The zero-order valence-corrected chi connectivity index (χ0v) is 11.3. The number of nitrogens with one attached hydrogen (secondary N) is 2. The molecule has 0 saturated carbocycles. The summed E-state index contributed by atoms with van der Waals surface area (Å²) in [4.78, 5) is 11.9. The molecule has 110 valence electrons. The van der Waals surface area contributed by atoms with Gasteiger partial charge in [-0.3, -0.25) is 4.79 Å². The molecule has 0 radical (unpaired) electrons. The van der Waals surface area contributed by atoms with Gasteiger partial charge in [-0.05, 0) is 12.1 Å². The van der Waals surface area contributed by atoms with Crippen molar-refractivity contribution in [3.63, 3.8) is 0 Å². The minimum Gasteiger partial charge on any atom is -0.395 e. The second-order valence-electron chi connectivity index (χ2n) is 3.95. The quantitative estimate of drug-likeness (QED) is 0.903. The van der Waals surface area contributed by atoms with Gasteiger partial charge in [-0.25, -0.2) is 0 Å². The lowest BCUT2D eigenvalue weighted by atomic mass is 10.3. The summed E-state index contributed by atoms with van der Waals surface area (Å²) in [5.41, 5.74) is 0.279. The Morgan fingerprint density at radius 1 is 1.29 bits per heavy atom. The van der Waals surface area contributed by atoms with Gasteiger partial charge in [-0.2, -0.15) is 0 Å². The predicted octanol–water partition coefficient (Wildman–Crippen LogP) is 2.15. The van der Waals surface area contributed by atoms with Crippen LogP contribution in [0.4, 0.5) is 19.6 Å². The summed E-state index contributed by atoms with van der Waals surface area (Å²) in [5, 5.41) is 13.3. The molecule has 0 atom stereocenters. The number of fused-ring (bicyclic) bond motifs is 1. The molecule has 1 aliphatic heterocycles. The second kappa shape index (κ2) is 4.81. The summed E-state index contributed by atoms with van der Waals surface area (Å²) >= 11 is 1.06. The Labute approximate surface area is 120 Å². The molecule has 1 amide bonds. The van der Waals surface area contributed by atoms with Crippen LogP contribution in [0.3, 0.4) is 0 Å². The Hall–Kier alpha value is -2.49. The molecule has 3 rings (SSSR count). The van der Waals surface area contributed by atoms with Crippen LogP contribution in [0.15, 0.2) is 18.2 Å². The van der Waals surface area contributed by atoms with Crippen LogP contribution in [0.1, 0.15) is 9.80 Å². The molecule has 21 heavy (non-hydrogen) atoms. The minimum absolute atomic E-state index is 0.0913. The van der Waals surface area contributed by atoms with Crippen LogP contribution in [0, 0.1) is 0 Å². The molecule has 1 aromatic heterocycles. The lowest BCUT2D eigenvalue weighted by Gasteiger charge is -2.04. The van der Waals surface area contributed by atoms with Gasteiger partial charge < -0.3 is 20.1 Å². The number of carbonyl (C=O) groups is 1. The minimum atomic E-state index is -3.69. The number of carbonyl (C=O) groups excluding carboxylic acids is 1. The van der Waals surface area contributed by atoms with Crippen molar-refractivity contribution in [2.24, 2.45) is 0 Å². The van der Waals surface area contributed by atoms with Crippen molar-refractivity contribution < 1.29 is 23.0 Å². The van der Waals surface area contributed by atoms with Crippen LogP contribution >= 0.6 is 11.3 Å². The number of amides is 1. The van der Waals surface area contributed by atoms with E-state index in [2.05, 4.69) is 30.3 Å². The Kier molecular flexibility index (Phi) is 3.09. The van der Waals surface area contributed by atoms with Crippen molar-refractivity contribution in [1.29, 1.82) is 0 Å². The first kappa shape index (κ1) is 13.5. The average Bonchev–Trinajstić information content (AvgIpc) is 3.00. The summed E-state index contributed by atoms with van der Waals surface area (Å²) in [6, 6.07) is 3.95. The maximum atomic E-state index is 12.9. The Morgan fingerprint density at radius 2 is 2.05 bits per heavy atom. The molecular formula is C11H8F2N4O3S. The van der Waals surface area contributed by atoms with E-state index < -0.39 is 12.2 Å². The van der Waals surface area contributed by atoms with Crippen molar-refractivity contribution in [3.05, 3.63) is 23.2 Å². The van der Waals surface area contributed by atoms with E-state index in [4.69, 9.17) is 0 Å². The van der Waals surface area contributed by atoms with Crippen molar-refractivity contribution in [3.8, 4) is 11.5 Å². The van der Waals surface area contributed by atoms with Crippen molar-refractivity contribution >= 4 is 28.1 Å². The van der Waals surface area contributed by atoms with Crippen molar-refractivity contribution in [1.82, 2.24) is 10.2 Å². The molecule has 2 N–H and O–H groups in total. The highest BCUT2D eigenvalue weighted by Crippen LogP contribution is 2.42. The number of halogens is 2. The van der Waals surface area contributed by atoms with Gasteiger partial charge in [0.05, 0.1) is 0 Å². The van der Waals surface area contributed by atoms with E-state index in [0.29, 0.717) is 5.13 Å². The SMILES string of the molecule is CNc1nnc(C(=O)Nc2ccc3c(c2)OC(F)(F)O3)s1. The number of benzene rings is 1. The predicted molar refractivity (Wildman–Crippen MR) is 70.1 cm³/mol.